The first kappa shape index (κ1) is 9.16. The molecule has 1 aliphatic heterocycles. The van der Waals surface area contributed by atoms with Gasteiger partial charge >= 0.3 is 0 Å². The number of nitrogens with zero attached hydrogens (tertiary/aromatic N) is 1. The van der Waals surface area contributed by atoms with Gasteiger partial charge in [-0.05, 0) is 7.05 Å². The molecular weight excluding hydrogens is 160 g/mol. The predicted octanol–water partition coefficient (Wildman–Crippen LogP) is -0.731. The summed E-state index contributed by atoms with van der Waals surface area (Å²) < 4.78 is 10.7. The average molecular weight is 176 g/mol. The quantitative estimate of drug-likeness (QED) is 0.613. The number of hydrogen-bond acceptors (Lipinski definition) is 3. The monoisotopic (exact) mass is 176 g/mol. The topological polar surface area (TPSA) is 32.3 Å². The summed E-state index contributed by atoms with van der Waals surface area (Å²) in [4.78, 5) is 2.28. The highest BCUT2D eigenvalue weighted by Crippen LogP contribution is 2.00. The van der Waals surface area contributed by atoms with Crippen molar-refractivity contribution in [2.75, 3.05) is 38.7 Å². The Bertz CT molecular complexity index is 147. The molecule has 0 saturated carbocycles. The maximum Gasteiger partial charge on any atom is 0.0359 e. The third-order valence-corrected chi connectivity index (χ3v) is 2.87. The third kappa shape index (κ3) is 2.89. The van der Waals surface area contributed by atoms with E-state index in [0.717, 1.165) is 25.4 Å². The van der Waals surface area contributed by atoms with Gasteiger partial charge in [-0.25, -0.2) is 0 Å². The van der Waals surface area contributed by atoms with Crippen LogP contribution in [0.4, 0.5) is 0 Å². The van der Waals surface area contributed by atoms with E-state index in [4.69, 9.17) is 0 Å². The zero-order valence-electron chi connectivity index (χ0n) is 7.17. The molecule has 0 bridgehead atoms. The summed E-state index contributed by atoms with van der Waals surface area (Å²) in [5.41, 5.74) is 0. The molecule has 1 N–H and O–H groups in total. The molecule has 0 aromatic rings. The van der Waals surface area contributed by atoms with Crippen LogP contribution in [0.15, 0.2) is 0 Å². The van der Waals surface area contributed by atoms with E-state index in [-0.39, 0.29) is 0 Å². The van der Waals surface area contributed by atoms with E-state index in [1.807, 2.05) is 0 Å². The first-order valence-corrected chi connectivity index (χ1v) is 5.64. The van der Waals surface area contributed by atoms with Gasteiger partial charge in [-0.2, -0.15) is 0 Å². The summed E-state index contributed by atoms with van der Waals surface area (Å²) in [5, 5.41) is 3.21. The smallest absolute Gasteiger partial charge is 0.0359 e. The highest BCUT2D eigenvalue weighted by Gasteiger charge is 2.20. The summed E-state index contributed by atoms with van der Waals surface area (Å²) in [6, 6.07) is 0.679. The molecule has 1 rings (SSSR count). The van der Waals surface area contributed by atoms with Crippen molar-refractivity contribution in [2.45, 2.75) is 6.04 Å². The van der Waals surface area contributed by atoms with Crippen molar-refractivity contribution in [3.8, 4) is 0 Å². The second-order valence-corrected chi connectivity index (χ2v) is 4.62. The molecule has 4 heteroatoms. The van der Waals surface area contributed by atoms with Gasteiger partial charge in [0.2, 0.25) is 0 Å². The number of hydrogen-bond donors (Lipinski definition) is 1. The van der Waals surface area contributed by atoms with Crippen LogP contribution >= 0.6 is 0 Å². The molecule has 0 aromatic heterocycles. The number of likely N-dealkylation sites (N-methyl/N-ethyl adjacent to an activating group) is 1. The second kappa shape index (κ2) is 4.18. The van der Waals surface area contributed by atoms with Gasteiger partial charge in [-0.1, -0.05) is 0 Å². The molecule has 0 radical (unpaired) electrons. The largest absolute Gasteiger partial charge is 0.314 e. The molecule has 1 saturated heterocycles. The second-order valence-electron chi connectivity index (χ2n) is 3.07. The third-order valence-electron chi connectivity index (χ3n) is 2.11. The van der Waals surface area contributed by atoms with Gasteiger partial charge in [0, 0.05) is 48.5 Å². The Labute approximate surface area is 70.6 Å². The highest BCUT2D eigenvalue weighted by molar-refractivity contribution is 7.84. The molecule has 66 valence electrons. The zero-order valence-corrected chi connectivity index (χ0v) is 7.99. The molecule has 1 unspecified atom stereocenters. The fourth-order valence-electron chi connectivity index (χ4n) is 1.04. The number of rotatable bonds is 4. The minimum atomic E-state index is -0.643. The fraction of sp³-hybridized carbons (Fsp3) is 1.00. The molecule has 1 fully saturated rings. The van der Waals surface area contributed by atoms with Gasteiger partial charge in [-0.15, -0.1) is 0 Å². The van der Waals surface area contributed by atoms with Crippen LogP contribution in [0, 0.1) is 0 Å². The predicted molar refractivity (Wildman–Crippen MR) is 48.2 cm³/mol. The average Bonchev–Trinajstić information content (AvgIpc) is 1.79. The molecule has 1 atom stereocenters. The molecule has 1 heterocycles. The lowest BCUT2D eigenvalue weighted by atomic mass is 10.1. The van der Waals surface area contributed by atoms with Gasteiger partial charge in [0.05, 0.1) is 0 Å². The van der Waals surface area contributed by atoms with Gasteiger partial charge in [0.1, 0.15) is 0 Å². The highest BCUT2D eigenvalue weighted by atomic mass is 32.2. The molecule has 3 nitrogen and oxygen atoms in total. The lowest BCUT2D eigenvalue weighted by Crippen LogP contribution is -2.56. The van der Waals surface area contributed by atoms with Crippen LogP contribution in [0.25, 0.3) is 0 Å². The van der Waals surface area contributed by atoms with E-state index in [0.29, 0.717) is 6.04 Å². The summed E-state index contributed by atoms with van der Waals surface area (Å²) in [5.74, 6) is 0.799. The maximum atomic E-state index is 10.7. The molecule has 0 amide bonds. The molecule has 0 spiro atoms. The van der Waals surface area contributed by atoms with E-state index < -0.39 is 10.8 Å². The fourth-order valence-corrected chi connectivity index (χ4v) is 1.59. The van der Waals surface area contributed by atoms with Crippen molar-refractivity contribution in [3.05, 3.63) is 0 Å². The van der Waals surface area contributed by atoms with Crippen LogP contribution in [-0.2, 0) is 10.8 Å². The van der Waals surface area contributed by atoms with Crippen molar-refractivity contribution in [3.63, 3.8) is 0 Å². The lowest BCUT2D eigenvalue weighted by Gasteiger charge is -2.35. The Balaban J connectivity index is 2.09. The van der Waals surface area contributed by atoms with Crippen molar-refractivity contribution in [2.24, 2.45) is 0 Å². The van der Waals surface area contributed by atoms with E-state index in [2.05, 4.69) is 17.3 Å². The van der Waals surface area contributed by atoms with E-state index in [9.17, 15) is 4.21 Å². The molecular formula is C7H16N2OS. The summed E-state index contributed by atoms with van der Waals surface area (Å²) in [7, 11) is 1.45. The van der Waals surface area contributed by atoms with Crippen molar-refractivity contribution in [1.82, 2.24) is 10.2 Å². The minimum Gasteiger partial charge on any atom is -0.314 e. The minimum absolute atomic E-state index is 0.643. The van der Waals surface area contributed by atoms with E-state index >= 15 is 0 Å². The van der Waals surface area contributed by atoms with Crippen LogP contribution in [0.1, 0.15) is 0 Å². The first-order valence-electron chi connectivity index (χ1n) is 3.91. The van der Waals surface area contributed by atoms with Crippen LogP contribution in [0.2, 0.25) is 0 Å². The van der Waals surface area contributed by atoms with Crippen LogP contribution < -0.4 is 5.32 Å². The molecule has 0 aromatic carbocycles. The lowest BCUT2D eigenvalue weighted by molar-refractivity contribution is 0.190. The van der Waals surface area contributed by atoms with Gasteiger partial charge in [0.15, 0.2) is 0 Å². The van der Waals surface area contributed by atoms with E-state index in [1.165, 1.54) is 0 Å². The summed E-state index contributed by atoms with van der Waals surface area (Å²) >= 11 is 0. The standard InChI is InChI=1S/C7H16N2OS/c1-9(3-4-11(2)10)7-5-8-6-7/h7-8H,3-6H2,1-2H3. The Morgan fingerprint density at radius 1 is 1.64 bits per heavy atom. The van der Waals surface area contributed by atoms with Crippen molar-refractivity contribution < 1.29 is 4.21 Å². The molecule has 0 aliphatic carbocycles. The summed E-state index contributed by atoms with van der Waals surface area (Å²) in [6.45, 7) is 3.13. The normalized spacial score (nSPS) is 21.7. The maximum absolute atomic E-state index is 10.7. The zero-order chi connectivity index (χ0) is 8.27. The summed E-state index contributed by atoms with van der Waals surface area (Å²) in [6.07, 6.45) is 1.76. The van der Waals surface area contributed by atoms with Crippen molar-refractivity contribution in [1.29, 1.82) is 0 Å². The molecule has 1 aliphatic rings. The van der Waals surface area contributed by atoms with Crippen molar-refractivity contribution >= 4 is 10.8 Å². The Hall–Kier alpha value is 0.0700. The Morgan fingerprint density at radius 3 is 2.64 bits per heavy atom. The van der Waals surface area contributed by atoms with Gasteiger partial charge < -0.3 is 5.32 Å². The Kier molecular flexibility index (Phi) is 3.48. The van der Waals surface area contributed by atoms with Crippen LogP contribution in [0.5, 0.6) is 0 Å². The Morgan fingerprint density at radius 2 is 2.27 bits per heavy atom. The van der Waals surface area contributed by atoms with Crippen LogP contribution in [0.3, 0.4) is 0 Å². The number of nitrogens with one attached hydrogen (secondary N) is 1. The SMILES string of the molecule is CN(CCS(C)=O)C1CNC1. The first-order chi connectivity index (χ1) is 5.20. The van der Waals surface area contributed by atoms with Crippen LogP contribution in [-0.4, -0.2) is 53.8 Å². The molecule has 11 heavy (non-hydrogen) atoms. The van der Waals surface area contributed by atoms with Gasteiger partial charge in [0.25, 0.3) is 0 Å². The van der Waals surface area contributed by atoms with E-state index in [1.54, 1.807) is 6.26 Å². The van der Waals surface area contributed by atoms with Gasteiger partial charge in [-0.3, -0.25) is 9.11 Å².